The van der Waals surface area contributed by atoms with Crippen molar-refractivity contribution < 1.29 is 18.8 Å². The average Bonchev–Trinajstić information content (AvgIpc) is 2.95. The fourth-order valence-corrected chi connectivity index (χ4v) is 5.84. The molecule has 1 unspecified atom stereocenters. The van der Waals surface area contributed by atoms with Gasteiger partial charge in [-0.1, -0.05) is 35.9 Å². The highest BCUT2D eigenvalue weighted by Gasteiger charge is 2.38. The molecule has 2 atom stereocenters. The number of likely N-dealkylation sites (tertiary alicyclic amines) is 1. The largest absolute Gasteiger partial charge is 0.497 e. The zero-order valence-corrected chi connectivity index (χ0v) is 24.3. The summed E-state index contributed by atoms with van der Waals surface area (Å²) < 4.78 is 11.5. The molecule has 0 radical (unpaired) electrons. The maximum Gasteiger partial charge on any atom is 0.274 e. The molecule has 40 heavy (non-hydrogen) atoms. The second-order valence-electron chi connectivity index (χ2n) is 10.8. The van der Waals surface area contributed by atoms with E-state index in [4.69, 9.17) is 32.5 Å². The molecule has 214 valence electrons. The van der Waals surface area contributed by atoms with E-state index in [1.54, 1.807) is 14.2 Å². The SMILES string of the molecule is COc1ccc(CCC(CCc2ccc(OC)cc2)[N+]2(C)CCC[C@H](NC(=O)c3nc(Cl)c(N)nc3N)C2)cc1. The molecular formula is C30H40ClN6O3+. The van der Waals surface area contributed by atoms with Crippen LogP contribution in [-0.2, 0) is 12.8 Å². The molecular weight excluding hydrogens is 528 g/mol. The Morgan fingerprint density at radius 3 is 2.05 bits per heavy atom. The molecule has 1 aliphatic heterocycles. The van der Waals surface area contributed by atoms with E-state index in [0.717, 1.165) is 67.6 Å². The number of anilines is 2. The summed E-state index contributed by atoms with van der Waals surface area (Å²) in [5.74, 6) is 1.33. The van der Waals surface area contributed by atoms with Gasteiger partial charge in [-0.05, 0) is 61.1 Å². The number of nitrogens with one attached hydrogen (secondary N) is 1. The van der Waals surface area contributed by atoms with Crippen molar-refractivity contribution in [2.24, 2.45) is 0 Å². The molecule has 0 spiro atoms. The van der Waals surface area contributed by atoms with Gasteiger partial charge in [-0.3, -0.25) is 4.79 Å². The van der Waals surface area contributed by atoms with Crippen molar-refractivity contribution >= 4 is 29.1 Å². The molecule has 1 aliphatic rings. The van der Waals surface area contributed by atoms with E-state index < -0.39 is 0 Å². The molecule has 10 heteroatoms. The molecule has 2 aromatic carbocycles. The van der Waals surface area contributed by atoms with Crippen LogP contribution in [0.4, 0.5) is 11.6 Å². The monoisotopic (exact) mass is 567 g/mol. The number of nitrogens with zero attached hydrogens (tertiary/aromatic N) is 3. The number of piperidine rings is 1. The number of amides is 1. The van der Waals surface area contributed by atoms with Gasteiger partial charge in [-0.15, -0.1) is 0 Å². The van der Waals surface area contributed by atoms with Crippen LogP contribution < -0.4 is 26.3 Å². The van der Waals surface area contributed by atoms with Crippen molar-refractivity contribution in [1.29, 1.82) is 0 Å². The molecule has 0 saturated carbocycles. The number of ether oxygens (including phenoxy) is 2. The molecule has 2 heterocycles. The second-order valence-corrected chi connectivity index (χ2v) is 11.1. The number of halogens is 1. The predicted molar refractivity (Wildman–Crippen MR) is 159 cm³/mol. The van der Waals surface area contributed by atoms with Gasteiger partial charge in [0.2, 0.25) is 0 Å². The van der Waals surface area contributed by atoms with Gasteiger partial charge in [0.05, 0.1) is 46.4 Å². The first-order valence-corrected chi connectivity index (χ1v) is 14.1. The van der Waals surface area contributed by atoms with E-state index in [1.807, 2.05) is 24.3 Å². The van der Waals surface area contributed by atoms with E-state index in [2.05, 4.69) is 46.6 Å². The van der Waals surface area contributed by atoms with Gasteiger partial charge in [0.25, 0.3) is 5.91 Å². The number of aryl methyl sites for hydroxylation is 2. The third-order valence-electron chi connectivity index (χ3n) is 8.05. The minimum absolute atomic E-state index is 0.00851. The Kier molecular flexibility index (Phi) is 9.71. The number of quaternary nitrogens is 1. The third kappa shape index (κ3) is 7.34. The standard InChI is InChI=1S/C30H39ClN6O3/c1-37(18-4-5-22(19-37)34-30(38)26-28(32)36-29(33)27(31)35-26)23(12-6-20-8-14-24(39-2)15-9-20)13-7-21-10-16-25(40-3)17-11-21/h8-11,14-17,22-23H,4-7,12-13,18-19H2,1-3H3,(H4-,32,33,34,36,38)/p+1/t22-,37?/m0/s1. The van der Waals surface area contributed by atoms with Crippen molar-refractivity contribution in [2.45, 2.75) is 50.6 Å². The number of hydrogen-bond donors (Lipinski definition) is 3. The van der Waals surface area contributed by atoms with Crippen LogP contribution in [0.2, 0.25) is 5.15 Å². The summed E-state index contributed by atoms with van der Waals surface area (Å²) in [4.78, 5) is 21.1. The van der Waals surface area contributed by atoms with Gasteiger partial charge in [-0.25, -0.2) is 9.97 Å². The molecule has 1 saturated heterocycles. The Hall–Kier alpha value is -3.56. The smallest absolute Gasteiger partial charge is 0.274 e. The summed E-state index contributed by atoms with van der Waals surface area (Å²) in [6.45, 7) is 1.87. The number of carbonyl (C=O) groups is 1. The van der Waals surface area contributed by atoms with Gasteiger partial charge in [0.1, 0.15) is 11.5 Å². The van der Waals surface area contributed by atoms with Gasteiger partial charge in [-0.2, -0.15) is 0 Å². The lowest BCUT2D eigenvalue weighted by atomic mass is 9.92. The quantitative estimate of drug-likeness (QED) is 0.295. The number of hydrogen-bond acceptors (Lipinski definition) is 7. The molecule has 1 amide bonds. The number of aromatic nitrogens is 2. The lowest BCUT2D eigenvalue weighted by Crippen LogP contribution is -2.62. The molecule has 0 bridgehead atoms. The fraction of sp³-hybridized carbons (Fsp3) is 0.433. The van der Waals surface area contributed by atoms with Crippen LogP contribution >= 0.6 is 11.6 Å². The first-order chi connectivity index (χ1) is 19.2. The lowest BCUT2D eigenvalue weighted by Gasteiger charge is -2.47. The normalized spacial score (nSPS) is 18.9. The number of nitrogen functional groups attached to an aromatic ring is 2. The van der Waals surface area contributed by atoms with Crippen LogP contribution in [0.1, 0.15) is 47.3 Å². The van der Waals surface area contributed by atoms with Crippen LogP contribution in [0.3, 0.4) is 0 Å². The topological polar surface area (TPSA) is 125 Å². The Bertz CT molecular complexity index is 1240. The Labute approximate surface area is 241 Å². The summed E-state index contributed by atoms with van der Waals surface area (Å²) in [7, 11) is 5.69. The minimum Gasteiger partial charge on any atom is -0.497 e. The first kappa shape index (κ1) is 29.4. The zero-order valence-electron chi connectivity index (χ0n) is 23.5. The predicted octanol–water partition coefficient (Wildman–Crippen LogP) is 4.28. The number of benzene rings is 2. The molecule has 1 aromatic heterocycles. The van der Waals surface area contributed by atoms with Crippen LogP contribution in [0.25, 0.3) is 0 Å². The van der Waals surface area contributed by atoms with E-state index in [0.29, 0.717) is 6.04 Å². The summed E-state index contributed by atoms with van der Waals surface area (Å²) in [5, 5.41) is 3.11. The molecule has 4 rings (SSSR count). The first-order valence-electron chi connectivity index (χ1n) is 13.7. The highest BCUT2D eigenvalue weighted by molar-refractivity contribution is 6.31. The van der Waals surface area contributed by atoms with Crippen LogP contribution in [0.15, 0.2) is 48.5 Å². The summed E-state index contributed by atoms with van der Waals surface area (Å²) >= 11 is 6.01. The van der Waals surface area contributed by atoms with E-state index in [1.165, 1.54) is 11.1 Å². The number of methoxy groups -OCH3 is 2. The van der Waals surface area contributed by atoms with Crippen LogP contribution in [0, 0.1) is 0 Å². The van der Waals surface area contributed by atoms with E-state index in [-0.39, 0.29) is 34.4 Å². The van der Waals surface area contributed by atoms with Crippen LogP contribution in [0.5, 0.6) is 11.5 Å². The van der Waals surface area contributed by atoms with Crippen LogP contribution in [-0.4, -0.2) is 66.8 Å². The molecule has 9 nitrogen and oxygen atoms in total. The highest BCUT2D eigenvalue weighted by atomic mass is 35.5. The van der Waals surface area contributed by atoms with Crippen molar-refractivity contribution in [3.8, 4) is 11.5 Å². The van der Waals surface area contributed by atoms with Crippen molar-refractivity contribution in [2.75, 3.05) is 45.8 Å². The van der Waals surface area contributed by atoms with Crippen molar-refractivity contribution in [1.82, 2.24) is 15.3 Å². The average molecular weight is 568 g/mol. The second kappa shape index (κ2) is 13.2. The Balaban J connectivity index is 1.48. The van der Waals surface area contributed by atoms with Gasteiger partial charge >= 0.3 is 0 Å². The summed E-state index contributed by atoms with van der Waals surface area (Å²) in [5.41, 5.74) is 14.2. The summed E-state index contributed by atoms with van der Waals surface area (Å²) in [6, 6.07) is 17.0. The van der Waals surface area contributed by atoms with Gasteiger partial charge in [0, 0.05) is 12.8 Å². The highest BCUT2D eigenvalue weighted by Crippen LogP contribution is 2.28. The van der Waals surface area contributed by atoms with E-state index in [9.17, 15) is 4.79 Å². The third-order valence-corrected chi connectivity index (χ3v) is 8.32. The van der Waals surface area contributed by atoms with Gasteiger partial charge < -0.3 is 30.7 Å². The van der Waals surface area contributed by atoms with E-state index >= 15 is 0 Å². The maximum atomic E-state index is 13.1. The number of likely N-dealkylation sites (N-methyl/N-ethyl adjacent to an activating group) is 1. The molecule has 0 aliphatic carbocycles. The summed E-state index contributed by atoms with van der Waals surface area (Å²) in [6.07, 6.45) is 5.90. The van der Waals surface area contributed by atoms with Gasteiger partial charge in [0.15, 0.2) is 22.5 Å². The van der Waals surface area contributed by atoms with Crippen molar-refractivity contribution in [3.63, 3.8) is 0 Å². The zero-order chi connectivity index (χ0) is 28.7. The number of nitrogens with two attached hydrogens (primary N) is 2. The number of carbonyl (C=O) groups excluding carboxylic acids is 1. The lowest BCUT2D eigenvalue weighted by molar-refractivity contribution is -0.939. The minimum atomic E-state index is -0.377. The molecule has 3 aromatic rings. The molecule has 5 N–H and O–H groups in total. The fourth-order valence-electron chi connectivity index (χ4n) is 5.72. The molecule has 1 fully saturated rings. The maximum absolute atomic E-state index is 13.1. The van der Waals surface area contributed by atoms with Crippen molar-refractivity contribution in [3.05, 3.63) is 70.5 Å². The Morgan fingerprint density at radius 2 is 1.52 bits per heavy atom. The number of rotatable bonds is 11. The Morgan fingerprint density at radius 1 is 0.975 bits per heavy atom.